The van der Waals surface area contributed by atoms with E-state index in [0.717, 1.165) is 0 Å². The van der Waals surface area contributed by atoms with E-state index in [2.05, 4.69) is 70.1 Å². The second-order valence-electron chi connectivity index (χ2n) is 18.0. The number of aromatic nitrogens is 1. The fourth-order valence-electron chi connectivity index (χ4n) is 7.51. The van der Waals surface area contributed by atoms with E-state index in [1.165, 1.54) is 31.2 Å². The summed E-state index contributed by atoms with van der Waals surface area (Å²) in [7, 11) is 0. The van der Waals surface area contributed by atoms with Gasteiger partial charge in [-0.25, -0.2) is 4.79 Å². The van der Waals surface area contributed by atoms with Crippen LogP contribution in [-0.2, 0) is 65.6 Å². The van der Waals surface area contributed by atoms with E-state index >= 15 is 0 Å². The minimum atomic E-state index is -1.92. The molecule has 0 saturated heterocycles. The Morgan fingerprint density at radius 3 is 1.65 bits per heavy atom. The number of rotatable bonds is 34. The zero-order valence-corrected chi connectivity index (χ0v) is 44.2. The number of guanidine groups is 2. The van der Waals surface area contributed by atoms with E-state index in [9.17, 15) is 68.1 Å². The van der Waals surface area contributed by atoms with Crippen molar-refractivity contribution in [1.82, 2.24) is 47.5 Å². The van der Waals surface area contributed by atoms with Crippen LogP contribution in [0.2, 0.25) is 0 Å². The average Bonchev–Trinajstić information content (AvgIpc) is 3.85. The Morgan fingerprint density at radius 2 is 1.09 bits per heavy atom. The highest BCUT2D eigenvalue weighted by atomic mass is 32.1. The molecule has 31 nitrogen and oxygen atoms in total. The summed E-state index contributed by atoms with van der Waals surface area (Å²) < 4.78 is 0. The number of aromatic amines is 1. The number of carbonyl (C=O) groups excluding carboxylic acids is 8. The van der Waals surface area contributed by atoms with Crippen molar-refractivity contribution in [2.24, 2.45) is 38.7 Å². The Hall–Kier alpha value is -9.20. The van der Waals surface area contributed by atoms with Gasteiger partial charge in [-0.3, -0.25) is 57.9 Å². The molecule has 3 aromatic rings. The Balaban J connectivity index is 1.86. The number of amides is 8. The number of H-pyrrole nitrogens is 1. The van der Waals surface area contributed by atoms with Crippen LogP contribution in [0.5, 0.6) is 5.75 Å². The Bertz CT molecular complexity index is 2750. The highest BCUT2D eigenvalue weighted by molar-refractivity contribution is 7.80. The summed E-state index contributed by atoms with van der Waals surface area (Å²) in [6.45, 7) is 0.352. The monoisotopic (exact) mass is 1140 g/mol. The number of aliphatic imine (C=N–C) groups is 2. The smallest absolute Gasteiger partial charge is 0.327 e. The number of phenols is 1. The second kappa shape index (κ2) is 32.5. The maximum absolute atomic E-state index is 14.0. The first kappa shape index (κ1) is 65.1. The van der Waals surface area contributed by atoms with Crippen LogP contribution in [0.4, 0.5) is 0 Å². The molecule has 1 heterocycles. The topological polar surface area (TPSA) is 536 Å². The molecule has 436 valence electrons. The van der Waals surface area contributed by atoms with Gasteiger partial charge in [-0.1, -0.05) is 30.3 Å². The van der Waals surface area contributed by atoms with Crippen LogP contribution in [0.25, 0.3) is 10.9 Å². The minimum absolute atomic E-state index is 0.00842. The van der Waals surface area contributed by atoms with Crippen molar-refractivity contribution in [2.75, 3.05) is 25.4 Å². The maximum Gasteiger partial charge on any atom is 0.327 e. The minimum Gasteiger partial charge on any atom is -0.508 e. The van der Waals surface area contributed by atoms with Gasteiger partial charge < -0.3 is 96.6 Å². The molecular formula is C48H68N16O15S. The van der Waals surface area contributed by atoms with Crippen LogP contribution in [-0.4, -0.2) is 176 Å². The van der Waals surface area contributed by atoms with Crippen LogP contribution in [0, 0.1) is 0 Å². The summed E-state index contributed by atoms with van der Waals surface area (Å²) in [5.41, 5.74) is 29.0. The van der Waals surface area contributed by atoms with Crippen LogP contribution in [0.15, 0.2) is 64.7 Å². The third-order valence-electron chi connectivity index (χ3n) is 11.6. The van der Waals surface area contributed by atoms with Gasteiger partial charge in [0.15, 0.2) is 11.9 Å². The predicted molar refractivity (Wildman–Crippen MR) is 290 cm³/mol. The molecular weight excluding hydrogens is 1070 g/mol. The number of para-hydroxylation sites is 1. The molecule has 0 aliphatic carbocycles. The lowest BCUT2D eigenvalue weighted by Gasteiger charge is -2.26. The summed E-state index contributed by atoms with van der Waals surface area (Å²) >= 11 is 3.96. The van der Waals surface area contributed by atoms with E-state index in [1.54, 1.807) is 30.5 Å². The Kier molecular flexibility index (Phi) is 26.5. The number of carbonyl (C=O) groups is 11. The van der Waals surface area contributed by atoms with E-state index < -0.39 is 133 Å². The van der Waals surface area contributed by atoms with E-state index in [-0.39, 0.29) is 75.0 Å². The number of nitrogens with two attached hydrogens (primary N) is 5. The van der Waals surface area contributed by atoms with Gasteiger partial charge in [-0.15, -0.1) is 0 Å². The molecule has 0 aliphatic heterocycles. The summed E-state index contributed by atoms with van der Waals surface area (Å²) in [4.78, 5) is 155. The van der Waals surface area contributed by atoms with Crippen LogP contribution >= 0.6 is 12.6 Å². The van der Waals surface area contributed by atoms with Gasteiger partial charge in [0, 0.05) is 48.8 Å². The third-order valence-corrected chi connectivity index (χ3v) is 12.0. The number of nitrogens with zero attached hydrogens (tertiary/aromatic N) is 2. The van der Waals surface area contributed by atoms with Gasteiger partial charge in [-0.05, 0) is 61.9 Å². The number of hydrogen-bond donors (Lipinski definition) is 19. The normalized spacial score (nSPS) is 13.8. The zero-order valence-electron chi connectivity index (χ0n) is 43.3. The lowest BCUT2D eigenvalue weighted by molar-refractivity contribution is -0.142. The highest BCUT2D eigenvalue weighted by Gasteiger charge is 2.34. The van der Waals surface area contributed by atoms with Crippen molar-refractivity contribution >= 4 is 101 Å². The molecule has 23 N–H and O–H groups in total. The van der Waals surface area contributed by atoms with Crippen molar-refractivity contribution in [1.29, 1.82) is 0 Å². The largest absolute Gasteiger partial charge is 0.508 e. The summed E-state index contributed by atoms with van der Waals surface area (Å²) in [6, 6.07) is 0.207. The number of fused-ring (bicyclic) bond motifs is 1. The molecule has 0 unspecified atom stereocenters. The number of carboxylic acid groups (broad SMARTS) is 3. The third kappa shape index (κ3) is 22.8. The molecule has 2 aromatic carbocycles. The van der Waals surface area contributed by atoms with Gasteiger partial charge in [-0.2, -0.15) is 12.6 Å². The predicted octanol–water partition coefficient (Wildman–Crippen LogP) is -5.41. The molecule has 0 fully saturated rings. The number of aliphatic carboxylic acids is 3. The number of phenolic OH excluding ortho intramolecular Hbond substituents is 1. The first-order valence-electron chi connectivity index (χ1n) is 24.6. The molecule has 0 saturated carbocycles. The summed E-state index contributed by atoms with van der Waals surface area (Å²) in [5.74, 6) is -13.5. The molecule has 80 heavy (non-hydrogen) atoms. The van der Waals surface area contributed by atoms with Crippen molar-refractivity contribution < 1.29 is 73.2 Å². The fraction of sp³-hybridized carbons (Fsp3) is 0.438. The van der Waals surface area contributed by atoms with Gasteiger partial charge in [0.1, 0.15) is 48.0 Å². The van der Waals surface area contributed by atoms with E-state index in [4.69, 9.17) is 33.8 Å². The Labute approximate surface area is 462 Å². The fourth-order valence-corrected chi connectivity index (χ4v) is 7.76. The van der Waals surface area contributed by atoms with Crippen molar-refractivity contribution in [3.8, 4) is 5.75 Å². The molecule has 0 bridgehead atoms. The standard InChI is InChI=1S/C48H68N16O15S/c1-23(58-42(74)30(8-4-14-54-47(50)51)61-45(77)34(19-38(69)70)63-43(75)31(9-5-15-55-48(52)53)60-40(72)28(49)18-37(67)68)39(71)62-33(17-25-20-56-29-7-3-2-6-27(25)29)41(73)57-21-36(66)59-32(16-24-10-12-26(65)13-11-24)44(76)64-35(22-80)46(78)79/h2-3,6-7,10-13,20,23,28,30-35,56,65,80H,4-5,8-9,14-19,21-22,49H2,1H3,(H,57,73)(H,58,74)(H,59,66)(H,60,72)(H,61,77)(H,62,71)(H,63,75)(H,64,76)(H,67,68)(H,69,70)(H,78,79)(H4,50,51,54)(H4,52,53,55)/t23-,28-,30-,31-,32-,33-,34-,35-/m0/s1. The Morgan fingerprint density at radius 1 is 0.588 bits per heavy atom. The number of hydrogen-bond acceptors (Lipinski definition) is 16. The van der Waals surface area contributed by atoms with Gasteiger partial charge >= 0.3 is 17.9 Å². The quantitative estimate of drug-likeness (QED) is 0.0115. The van der Waals surface area contributed by atoms with Gasteiger partial charge in [0.25, 0.3) is 0 Å². The van der Waals surface area contributed by atoms with E-state index in [1.807, 2.05) is 0 Å². The van der Waals surface area contributed by atoms with Crippen LogP contribution < -0.4 is 71.2 Å². The summed E-state index contributed by atoms with van der Waals surface area (Å²) in [6.07, 6.45) is -1.07. The van der Waals surface area contributed by atoms with Gasteiger partial charge in [0.05, 0.1) is 25.4 Å². The number of carboxylic acids is 3. The molecule has 32 heteroatoms. The number of benzene rings is 2. The van der Waals surface area contributed by atoms with Crippen LogP contribution in [0.3, 0.4) is 0 Å². The first-order chi connectivity index (χ1) is 37.8. The van der Waals surface area contributed by atoms with Crippen LogP contribution in [0.1, 0.15) is 56.6 Å². The molecule has 8 atom stereocenters. The molecule has 1 aromatic heterocycles. The van der Waals surface area contributed by atoms with Gasteiger partial charge in [0.2, 0.25) is 47.3 Å². The maximum atomic E-state index is 14.0. The zero-order chi connectivity index (χ0) is 59.6. The lowest BCUT2D eigenvalue weighted by Crippen LogP contribution is -2.59. The average molecular weight is 1140 g/mol. The van der Waals surface area contributed by atoms with Crippen molar-refractivity contribution in [2.45, 2.75) is 107 Å². The van der Waals surface area contributed by atoms with E-state index in [0.29, 0.717) is 22.0 Å². The summed E-state index contributed by atoms with van der Waals surface area (Å²) in [5, 5.41) is 57.9. The number of thiol groups is 1. The second-order valence-corrected chi connectivity index (χ2v) is 18.4. The molecule has 3 rings (SSSR count). The molecule has 0 spiro atoms. The van der Waals surface area contributed by atoms with Crippen molar-refractivity contribution in [3.63, 3.8) is 0 Å². The first-order valence-corrected chi connectivity index (χ1v) is 25.3. The molecule has 8 amide bonds. The lowest BCUT2D eigenvalue weighted by atomic mass is 10.0. The number of aromatic hydroxyl groups is 1. The molecule has 0 radical (unpaired) electrons. The number of nitrogens with one attached hydrogen (secondary N) is 9. The SMILES string of the molecule is C[C@H](NC(=O)[C@H](CCCN=C(N)N)NC(=O)[C@H](CC(=O)O)NC(=O)[C@H](CCCN=C(N)N)NC(=O)[C@@H](N)CC(=O)O)C(=O)N[C@@H](Cc1c[nH]c2ccccc12)C(=O)NCC(=O)N[C@@H](Cc1ccc(O)cc1)C(=O)N[C@@H](CS)C(=O)O. The van der Waals surface area contributed by atoms with Crippen molar-refractivity contribution in [3.05, 3.63) is 65.9 Å². The highest BCUT2D eigenvalue weighted by Crippen LogP contribution is 2.20. The molecule has 0 aliphatic rings.